The van der Waals surface area contributed by atoms with Crippen molar-refractivity contribution in [3.63, 3.8) is 0 Å². The van der Waals surface area contributed by atoms with Gasteiger partial charge in [0, 0.05) is 36.4 Å². The SMILES string of the molecule is CCCCN1CCC(Oc2ccc3nc(-c4ccc(Oc5ccc(NC(=O)NC(CC)CC)cc5)cc4)oc3c2)CC1. The minimum atomic E-state index is -0.200. The van der Waals surface area contributed by atoms with Crippen molar-refractivity contribution in [1.82, 2.24) is 15.2 Å². The minimum absolute atomic E-state index is 0.171. The monoisotopic (exact) mass is 570 g/mol. The molecule has 2 N–H and O–H groups in total. The van der Waals surface area contributed by atoms with Crippen LogP contribution in [0.4, 0.5) is 10.5 Å². The van der Waals surface area contributed by atoms with E-state index in [4.69, 9.17) is 13.9 Å². The first-order valence-corrected chi connectivity index (χ1v) is 15.3. The van der Waals surface area contributed by atoms with Crippen LogP contribution in [0.3, 0.4) is 0 Å². The lowest BCUT2D eigenvalue weighted by Crippen LogP contribution is -2.38. The Morgan fingerprint density at radius 3 is 2.29 bits per heavy atom. The third-order valence-electron chi connectivity index (χ3n) is 7.80. The van der Waals surface area contributed by atoms with E-state index < -0.39 is 0 Å². The standard InChI is InChI=1S/C34H42N4O4/c1-4-7-20-38-21-18-29(19-22-38)41-30-16-17-31-32(23-30)42-33(37-31)24-8-12-27(13-9-24)40-28-14-10-26(11-15-28)36-34(39)35-25(5-2)6-3/h8-17,23,25,29H,4-7,18-22H2,1-3H3,(H2,35,36,39). The van der Waals surface area contributed by atoms with E-state index in [0.717, 1.165) is 55.6 Å². The van der Waals surface area contributed by atoms with Gasteiger partial charge in [-0.25, -0.2) is 9.78 Å². The Bertz CT molecular complexity index is 1420. The molecule has 1 aromatic heterocycles. The van der Waals surface area contributed by atoms with Crippen molar-refractivity contribution in [2.45, 2.75) is 71.4 Å². The van der Waals surface area contributed by atoms with Gasteiger partial charge in [0.15, 0.2) is 5.58 Å². The highest BCUT2D eigenvalue weighted by atomic mass is 16.5. The van der Waals surface area contributed by atoms with Crippen molar-refractivity contribution in [2.24, 2.45) is 0 Å². The molecule has 1 saturated heterocycles. The fraction of sp³-hybridized carbons (Fsp3) is 0.412. The smallest absolute Gasteiger partial charge is 0.319 e. The van der Waals surface area contributed by atoms with E-state index in [1.165, 1.54) is 19.4 Å². The van der Waals surface area contributed by atoms with Crippen molar-refractivity contribution < 1.29 is 18.7 Å². The van der Waals surface area contributed by atoms with Gasteiger partial charge in [-0.15, -0.1) is 0 Å². The summed E-state index contributed by atoms with van der Waals surface area (Å²) in [5.41, 5.74) is 3.09. The minimum Gasteiger partial charge on any atom is -0.490 e. The normalized spacial score (nSPS) is 14.3. The topological polar surface area (TPSA) is 88.9 Å². The molecule has 1 aliphatic rings. The number of urea groups is 1. The number of oxazole rings is 1. The molecule has 0 unspecified atom stereocenters. The van der Waals surface area contributed by atoms with Crippen LogP contribution in [0.2, 0.25) is 0 Å². The average Bonchev–Trinajstić information content (AvgIpc) is 3.44. The van der Waals surface area contributed by atoms with Gasteiger partial charge in [0.1, 0.15) is 28.9 Å². The number of unbranched alkanes of at least 4 members (excludes halogenated alkanes) is 1. The van der Waals surface area contributed by atoms with Crippen molar-refractivity contribution >= 4 is 22.8 Å². The summed E-state index contributed by atoms with van der Waals surface area (Å²) in [6.07, 6.45) is 6.64. The van der Waals surface area contributed by atoms with Crippen LogP contribution in [-0.4, -0.2) is 47.7 Å². The zero-order valence-corrected chi connectivity index (χ0v) is 24.9. The number of piperidine rings is 1. The summed E-state index contributed by atoms with van der Waals surface area (Å²) in [4.78, 5) is 19.4. The highest BCUT2D eigenvalue weighted by Crippen LogP contribution is 2.30. The zero-order chi connectivity index (χ0) is 29.3. The Kier molecular flexibility index (Phi) is 9.98. The van der Waals surface area contributed by atoms with Crippen LogP contribution in [0.15, 0.2) is 71.1 Å². The maximum atomic E-state index is 12.2. The van der Waals surface area contributed by atoms with E-state index >= 15 is 0 Å². The number of carbonyl (C=O) groups excluding carboxylic acids is 1. The summed E-state index contributed by atoms with van der Waals surface area (Å²) < 4.78 is 18.4. The van der Waals surface area contributed by atoms with Crippen LogP contribution < -0.4 is 20.1 Å². The van der Waals surface area contributed by atoms with Gasteiger partial charge in [-0.05, 0) is 99.3 Å². The number of amides is 2. The second kappa shape index (κ2) is 14.2. The highest BCUT2D eigenvalue weighted by Gasteiger charge is 2.20. The second-order valence-electron chi connectivity index (χ2n) is 10.9. The molecule has 2 amide bonds. The number of aromatic nitrogens is 1. The van der Waals surface area contributed by atoms with Crippen LogP contribution in [0.1, 0.15) is 59.3 Å². The van der Waals surface area contributed by atoms with Gasteiger partial charge in [-0.3, -0.25) is 0 Å². The van der Waals surface area contributed by atoms with Crippen LogP contribution >= 0.6 is 0 Å². The lowest BCUT2D eigenvalue weighted by molar-refractivity contribution is 0.0999. The Labute approximate surface area is 248 Å². The molecule has 0 spiro atoms. The van der Waals surface area contributed by atoms with Crippen LogP contribution in [-0.2, 0) is 0 Å². The molecule has 1 aliphatic heterocycles. The Morgan fingerprint density at radius 2 is 1.62 bits per heavy atom. The Hall–Kier alpha value is -4.04. The fourth-order valence-electron chi connectivity index (χ4n) is 5.18. The molecule has 42 heavy (non-hydrogen) atoms. The predicted octanol–water partition coefficient (Wildman–Crippen LogP) is 8.24. The number of hydrogen-bond acceptors (Lipinski definition) is 6. The molecule has 4 aromatic rings. The second-order valence-corrected chi connectivity index (χ2v) is 10.9. The molecule has 8 nitrogen and oxygen atoms in total. The van der Waals surface area contributed by atoms with E-state index in [2.05, 4.69) is 41.3 Å². The van der Waals surface area contributed by atoms with Crippen molar-refractivity contribution in [3.05, 3.63) is 66.7 Å². The third kappa shape index (κ3) is 7.82. The number of nitrogens with one attached hydrogen (secondary N) is 2. The molecule has 8 heteroatoms. The lowest BCUT2D eigenvalue weighted by Gasteiger charge is -2.32. The van der Waals surface area contributed by atoms with Crippen LogP contribution in [0.25, 0.3) is 22.6 Å². The molecular formula is C34H42N4O4. The number of fused-ring (bicyclic) bond motifs is 1. The van der Waals surface area contributed by atoms with E-state index in [1.807, 2.05) is 66.7 Å². The zero-order valence-electron chi connectivity index (χ0n) is 24.9. The first-order valence-electron chi connectivity index (χ1n) is 15.3. The van der Waals surface area contributed by atoms with Crippen molar-refractivity contribution in [2.75, 3.05) is 25.0 Å². The van der Waals surface area contributed by atoms with Gasteiger partial charge in [0.2, 0.25) is 5.89 Å². The first kappa shape index (κ1) is 29.5. The summed E-state index contributed by atoms with van der Waals surface area (Å²) in [5, 5.41) is 5.84. The molecular weight excluding hydrogens is 528 g/mol. The summed E-state index contributed by atoms with van der Waals surface area (Å²) in [6.45, 7) is 9.74. The summed E-state index contributed by atoms with van der Waals surface area (Å²) in [5.74, 6) is 2.75. The van der Waals surface area contributed by atoms with E-state index in [1.54, 1.807) is 0 Å². The number of anilines is 1. The van der Waals surface area contributed by atoms with Gasteiger partial charge in [-0.1, -0.05) is 27.2 Å². The number of hydrogen-bond donors (Lipinski definition) is 2. The summed E-state index contributed by atoms with van der Waals surface area (Å²) in [6, 6.07) is 20.8. The number of ether oxygens (including phenoxy) is 2. The summed E-state index contributed by atoms with van der Waals surface area (Å²) in [7, 11) is 0. The predicted molar refractivity (Wildman–Crippen MR) is 167 cm³/mol. The van der Waals surface area contributed by atoms with Gasteiger partial charge in [0.25, 0.3) is 0 Å². The van der Waals surface area contributed by atoms with E-state index in [0.29, 0.717) is 28.7 Å². The molecule has 2 heterocycles. The largest absolute Gasteiger partial charge is 0.490 e. The average molecular weight is 571 g/mol. The number of rotatable bonds is 12. The number of nitrogens with zero attached hydrogens (tertiary/aromatic N) is 2. The lowest BCUT2D eigenvalue weighted by atomic mass is 10.1. The molecule has 0 bridgehead atoms. The van der Waals surface area contributed by atoms with Crippen LogP contribution in [0.5, 0.6) is 17.2 Å². The van der Waals surface area contributed by atoms with Gasteiger partial charge >= 0.3 is 6.03 Å². The van der Waals surface area contributed by atoms with Crippen LogP contribution in [0, 0.1) is 0 Å². The maximum absolute atomic E-state index is 12.2. The molecule has 5 rings (SSSR count). The number of benzene rings is 3. The maximum Gasteiger partial charge on any atom is 0.319 e. The molecule has 222 valence electrons. The Balaban J connectivity index is 1.15. The van der Waals surface area contributed by atoms with Gasteiger partial charge in [0.05, 0.1) is 0 Å². The van der Waals surface area contributed by atoms with Gasteiger partial charge in [-0.2, -0.15) is 0 Å². The first-order chi connectivity index (χ1) is 20.5. The highest BCUT2D eigenvalue weighted by molar-refractivity contribution is 5.89. The molecule has 0 atom stereocenters. The van der Waals surface area contributed by atoms with E-state index in [-0.39, 0.29) is 18.2 Å². The van der Waals surface area contributed by atoms with E-state index in [9.17, 15) is 4.79 Å². The third-order valence-corrected chi connectivity index (χ3v) is 7.80. The molecule has 0 saturated carbocycles. The van der Waals surface area contributed by atoms with Crippen molar-refractivity contribution in [1.29, 1.82) is 0 Å². The molecule has 0 radical (unpaired) electrons. The molecule has 1 fully saturated rings. The quantitative estimate of drug-likeness (QED) is 0.178. The number of carbonyl (C=O) groups is 1. The van der Waals surface area contributed by atoms with Gasteiger partial charge < -0.3 is 29.4 Å². The summed E-state index contributed by atoms with van der Waals surface area (Å²) >= 11 is 0. The number of likely N-dealkylation sites (tertiary alicyclic amines) is 1. The van der Waals surface area contributed by atoms with Crippen molar-refractivity contribution in [3.8, 4) is 28.7 Å². The molecule has 3 aromatic carbocycles. The fourth-order valence-corrected chi connectivity index (χ4v) is 5.18. The molecule has 0 aliphatic carbocycles. The Morgan fingerprint density at radius 1 is 0.952 bits per heavy atom.